The van der Waals surface area contributed by atoms with Crippen LogP contribution >= 0.6 is 0 Å². The van der Waals surface area contributed by atoms with Crippen LogP contribution in [-0.4, -0.2) is 29.4 Å². The first-order valence-electron chi connectivity index (χ1n) is 16.7. The highest BCUT2D eigenvalue weighted by Gasteiger charge is 2.29. The van der Waals surface area contributed by atoms with E-state index >= 15 is 0 Å². The van der Waals surface area contributed by atoms with Gasteiger partial charge in [0.1, 0.15) is 12.2 Å². The van der Waals surface area contributed by atoms with Crippen LogP contribution < -0.4 is 0 Å². The summed E-state index contributed by atoms with van der Waals surface area (Å²) in [5.41, 5.74) is 0. The molecule has 0 unspecified atom stereocenters. The molecule has 3 rings (SSSR count). The van der Waals surface area contributed by atoms with Gasteiger partial charge in [-0.1, -0.05) is 96.3 Å². The molecule has 3 aliphatic rings. The molecule has 0 aromatic heterocycles. The minimum atomic E-state index is -1.04. The summed E-state index contributed by atoms with van der Waals surface area (Å²) < 4.78 is 19.5. The second-order valence-corrected chi connectivity index (χ2v) is 12.3. The van der Waals surface area contributed by atoms with Crippen molar-refractivity contribution in [2.45, 2.75) is 192 Å². The Hall–Kier alpha value is -1.39. The fraction of sp³-hybridized carbons (Fsp3) is 0.909. The van der Waals surface area contributed by atoms with Crippen molar-refractivity contribution in [3.8, 4) is 0 Å². The summed E-state index contributed by atoms with van der Waals surface area (Å²) in [5.74, 6) is -0.934. The Balaban J connectivity index is 1.79. The van der Waals surface area contributed by atoms with Gasteiger partial charge in [0.25, 0.3) is 5.76 Å². The Morgan fingerprint density at radius 2 is 0.632 bits per heavy atom. The third kappa shape index (κ3) is 13.1. The number of aliphatic carboxylic acids is 1. The molecule has 0 spiro atoms. The first-order valence-corrected chi connectivity index (χ1v) is 16.7. The van der Waals surface area contributed by atoms with Crippen LogP contribution in [0.15, 0.2) is 11.7 Å². The number of hydrogen-bond acceptors (Lipinski definition) is 4. The summed E-state index contributed by atoms with van der Waals surface area (Å²) in [4.78, 5) is 12.7. The Kier molecular flexibility index (Phi) is 16.1. The lowest BCUT2D eigenvalue weighted by molar-refractivity contribution is -0.141. The fourth-order valence-electron chi connectivity index (χ4n) is 6.46. The van der Waals surface area contributed by atoms with Gasteiger partial charge >= 0.3 is 11.9 Å². The van der Waals surface area contributed by atoms with E-state index in [-0.39, 0.29) is 30.0 Å². The van der Waals surface area contributed by atoms with Crippen LogP contribution in [0, 0.1) is 0 Å². The molecule has 1 N–H and O–H groups in total. The van der Waals surface area contributed by atoms with Crippen LogP contribution in [0.1, 0.15) is 173 Å². The maximum absolute atomic E-state index is 12.7. The molecule has 0 amide bonds. The standard InChI is InChI=1S/C33H58O5/c34-32(35)31(36-28-22-16-10-4-1-5-11-17-23-28)33(37-29-24-18-12-6-2-7-13-19-25-29)38-30-26-20-14-8-3-9-15-21-27-30/h28-30H,1-27H2,(H,34,35). The van der Waals surface area contributed by atoms with Crippen molar-refractivity contribution in [2.75, 3.05) is 0 Å². The van der Waals surface area contributed by atoms with Gasteiger partial charge in [0.2, 0.25) is 0 Å². The molecule has 0 atom stereocenters. The van der Waals surface area contributed by atoms with Gasteiger partial charge in [-0.15, -0.1) is 0 Å². The molecule has 5 nitrogen and oxygen atoms in total. The van der Waals surface area contributed by atoms with E-state index in [1.165, 1.54) is 96.3 Å². The molecule has 5 heteroatoms. The summed E-state index contributed by atoms with van der Waals surface area (Å²) >= 11 is 0. The maximum atomic E-state index is 12.7. The van der Waals surface area contributed by atoms with Crippen molar-refractivity contribution < 1.29 is 24.1 Å². The lowest BCUT2D eigenvalue weighted by Crippen LogP contribution is -2.25. The van der Waals surface area contributed by atoms with Gasteiger partial charge in [0.15, 0.2) is 0 Å². The van der Waals surface area contributed by atoms with Gasteiger partial charge in [-0.3, -0.25) is 0 Å². The largest absolute Gasteiger partial charge is 0.478 e. The molecule has 0 aromatic carbocycles. The highest BCUT2D eigenvalue weighted by molar-refractivity contribution is 5.84. The molecule has 0 aromatic rings. The number of carboxylic acids is 1. The van der Waals surface area contributed by atoms with Crippen molar-refractivity contribution in [1.82, 2.24) is 0 Å². The van der Waals surface area contributed by atoms with Crippen molar-refractivity contribution >= 4 is 5.97 Å². The van der Waals surface area contributed by atoms with Crippen LogP contribution in [0.25, 0.3) is 0 Å². The molecular weight excluding hydrogens is 476 g/mol. The van der Waals surface area contributed by atoms with Crippen molar-refractivity contribution in [2.24, 2.45) is 0 Å². The summed E-state index contributed by atoms with van der Waals surface area (Å²) in [6.07, 6.45) is 31.4. The van der Waals surface area contributed by atoms with Crippen molar-refractivity contribution in [1.29, 1.82) is 0 Å². The summed E-state index contributed by atoms with van der Waals surface area (Å²) in [5, 5.41) is 10.4. The first-order chi connectivity index (χ1) is 18.7. The smallest absolute Gasteiger partial charge is 0.378 e. The monoisotopic (exact) mass is 534 g/mol. The van der Waals surface area contributed by atoms with Gasteiger partial charge < -0.3 is 19.3 Å². The van der Waals surface area contributed by atoms with E-state index in [4.69, 9.17) is 14.2 Å². The minimum absolute atomic E-state index is 0.00429. The zero-order valence-corrected chi connectivity index (χ0v) is 24.4. The number of carbonyl (C=O) groups is 1. The Bertz CT molecular complexity index is 600. The third-order valence-corrected chi connectivity index (χ3v) is 8.87. The molecule has 3 saturated carbocycles. The van der Waals surface area contributed by atoms with Crippen molar-refractivity contribution in [3.63, 3.8) is 0 Å². The van der Waals surface area contributed by atoms with Gasteiger partial charge in [0, 0.05) is 0 Å². The molecule has 0 heterocycles. The van der Waals surface area contributed by atoms with Crippen LogP contribution in [-0.2, 0) is 19.0 Å². The number of carboxylic acid groups (broad SMARTS) is 1. The average Bonchev–Trinajstić information content (AvgIpc) is 2.92. The average molecular weight is 535 g/mol. The SMILES string of the molecule is O=C(O)C(OC1CCCCCCCCC1)=C(OC1CCCCCCCCC1)OC1CCCCCCCCC1. The zero-order valence-electron chi connectivity index (χ0n) is 24.4. The van der Waals surface area contributed by atoms with E-state index < -0.39 is 5.97 Å². The summed E-state index contributed by atoms with van der Waals surface area (Å²) in [7, 11) is 0. The first kappa shape index (κ1) is 31.1. The van der Waals surface area contributed by atoms with Crippen LogP contribution in [0.2, 0.25) is 0 Å². The van der Waals surface area contributed by atoms with Gasteiger partial charge in [0.05, 0.1) is 6.10 Å². The molecule has 0 aliphatic heterocycles. The predicted octanol–water partition coefficient (Wildman–Crippen LogP) is 9.97. The molecule has 38 heavy (non-hydrogen) atoms. The van der Waals surface area contributed by atoms with Crippen LogP contribution in [0.4, 0.5) is 0 Å². The second-order valence-electron chi connectivity index (χ2n) is 12.3. The molecule has 3 fully saturated rings. The molecule has 220 valence electrons. The topological polar surface area (TPSA) is 65.0 Å². The molecule has 0 saturated heterocycles. The van der Waals surface area contributed by atoms with E-state index in [1.54, 1.807) is 0 Å². The number of ether oxygens (including phenoxy) is 3. The minimum Gasteiger partial charge on any atom is -0.478 e. The predicted molar refractivity (Wildman–Crippen MR) is 154 cm³/mol. The normalized spacial score (nSPS) is 23.5. The van der Waals surface area contributed by atoms with E-state index in [9.17, 15) is 9.90 Å². The lowest BCUT2D eigenvalue weighted by Gasteiger charge is -2.28. The van der Waals surface area contributed by atoms with E-state index in [0.29, 0.717) is 0 Å². The Labute approximate surface area is 233 Å². The highest BCUT2D eigenvalue weighted by atomic mass is 16.7. The molecular formula is C33H58O5. The fourth-order valence-corrected chi connectivity index (χ4v) is 6.46. The van der Waals surface area contributed by atoms with Crippen LogP contribution in [0.5, 0.6) is 0 Å². The number of hydrogen-bond donors (Lipinski definition) is 1. The molecule has 0 bridgehead atoms. The van der Waals surface area contributed by atoms with Gasteiger partial charge in [-0.05, 0) is 77.0 Å². The van der Waals surface area contributed by atoms with E-state index in [2.05, 4.69) is 0 Å². The van der Waals surface area contributed by atoms with E-state index in [0.717, 1.165) is 77.0 Å². The van der Waals surface area contributed by atoms with Gasteiger partial charge in [-0.25, -0.2) is 4.79 Å². The quantitative estimate of drug-likeness (QED) is 0.260. The van der Waals surface area contributed by atoms with E-state index in [1.807, 2.05) is 0 Å². The number of rotatable bonds is 7. The van der Waals surface area contributed by atoms with Crippen LogP contribution in [0.3, 0.4) is 0 Å². The molecule has 0 radical (unpaired) electrons. The highest BCUT2D eigenvalue weighted by Crippen LogP contribution is 2.29. The Morgan fingerprint density at radius 3 is 0.895 bits per heavy atom. The summed E-state index contributed by atoms with van der Waals surface area (Å²) in [6.45, 7) is 0. The van der Waals surface area contributed by atoms with Gasteiger partial charge in [-0.2, -0.15) is 0 Å². The summed E-state index contributed by atoms with van der Waals surface area (Å²) in [6, 6.07) is 0. The lowest BCUT2D eigenvalue weighted by atomic mass is 9.99. The third-order valence-electron chi connectivity index (χ3n) is 8.87. The zero-order chi connectivity index (χ0) is 26.7. The molecule has 3 aliphatic carbocycles. The maximum Gasteiger partial charge on any atom is 0.378 e. The second kappa shape index (κ2) is 19.6. The Morgan fingerprint density at radius 1 is 0.395 bits per heavy atom. The van der Waals surface area contributed by atoms with Crippen molar-refractivity contribution in [3.05, 3.63) is 11.7 Å².